The van der Waals surface area contributed by atoms with E-state index in [1.807, 2.05) is 6.92 Å². The number of halogens is 2. The first kappa shape index (κ1) is 17.2. The second-order valence-electron chi connectivity index (χ2n) is 4.38. The Morgan fingerprint density at radius 2 is 1.95 bits per heavy atom. The van der Waals surface area contributed by atoms with Gasteiger partial charge in [-0.2, -0.15) is 0 Å². The topological polar surface area (TPSA) is 83.5 Å². The predicted molar refractivity (Wildman–Crippen MR) is 78.1 cm³/mol. The van der Waals surface area contributed by atoms with Crippen LogP contribution in [-0.2, 0) is 10.0 Å². The van der Waals surface area contributed by atoms with Crippen molar-refractivity contribution < 1.29 is 18.3 Å². The highest BCUT2D eigenvalue weighted by Crippen LogP contribution is 2.29. The molecular weight excluding hydrogens is 325 g/mol. The molecule has 0 saturated heterocycles. The summed E-state index contributed by atoms with van der Waals surface area (Å²) < 4.78 is 26.8. The van der Waals surface area contributed by atoms with Gasteiger partial charge in [0, 0.05) is 6.04 Å². The Hall–Kier alpha value is -0.820. The van der Waals surface area contributed by atoms with Crippen molar-refractivity contribution >= 4 is 39.2 Å². The molecule has 0 unspecified atom stereocenters. The van der Waals surface area contributed by atoms with E-state index < -0.39 is 16.0 Å². The molecule has 1 aromatic rings. The minimum atomic E-state index is -3.89. The number of hydrogen-bond acceptors (Lipinski definition) is 3. The SMILES string of the molecule is CCC[C@H](C)NS(=O)(=O)c1cc(C(=O)O)c(Cl)cc1Cl. The molecule has 0 bridgehead atoms. The standard InChI is InChI=1S/C12H15Cl2NO4S/c1-3-4-7(2)15-20(18,19)11-5-8(12(16)17)9(13)6-10(11)14/h5-7,15H,3-4H2,1-2H3,(H,16,17)/t7-/m0/s1. The molecule has 0 aromatic heterocycles. The normalized spacial score (nSPS) is 13.2. The summed E-state index contributed by atoms with van der Waals surface area (Å²) in [4.78, 5) is 10.7. The number of hydrogen-bond donors (Lipinski definition) is 2. The Morgan fingerprint density at radius 1 is 1.35 bits per heavy atom. The molecule has 8 heteroatoms. The molecule has 20 heavy (non-hydrogen) atoms. The van der Waals surface area contributed by atoms with Gasteiger partial charge in [-0.3, -0.25) is 0 Å². The number of carboxylic acids is 1. The van der Waals surface area contributed by atoms with E-state index in [0.29, 0.717) is 6.42 Å². The summed E-state index contributed by atoms with van der Waals surface area (Å²) in [5.41, 5.74) is -0.306. The number of benzene rings is 1. The molecule has 0 fully saturated rings. The maximum Gasteiger partial charge on any atom is 0.337 e. The highest BCUT2D eigenvalue weighted by atomic mass is 35.5. The van der Waals surface area contributed by atoms with Gasteiger partial charge in [-0.05, 0) is 25.5 Å². The van der Waals surface area contributed by atoms with Crippen LogP contribution in [0.15, 0.2) is 17.0 Å². The summed E-state index contributed by atoms with van der Waals surface area (Å²) in [5, 5.41) is 8.75. The predicted octanol–water partition coefficient (Wildman–Crippen LogP) is 3.16. The third kappa shape index (κ3) is 4.09. The van der Waals surface area contributed by atoms with E-state index in [-0.39, 0.29) is 26.5 Å². The van der Waals surface area contributed by atoms with Crippen molar-refractivity contribution in [2.45, 2.75) is 37.6 Å². The lowest BCUT2D eigenvalue weighted by molar-refractivity contribution is 0.0697. The number of carbonyl (C=O) groups is 1. The average molecular weight is 340 g/mol. The van der Waals surface area contributed by atoms with Crippen LogP contribution in [0, 0.1) is 0 Å². The Balaban J connectivity index is 3.24. The van der Waals surface area contributed by atoms with Crippen molar-refractivity contribution in [3.8, 4) is 0 Å². The van der Waals surface area contributed by atoms with Gasteiger partial charge < -0.3 is 5.11 Å². The Morgan fingerprint density at radius 3 is 2.45 bits per heavy atom. The van der Waals surface area contributed by atoms with E-state index in [9.17, 15) is 13.2 Å². The molecule has 0 aliphatic rings. The molecule has 1 aromatic carbocycles. The first-order valence-electron chi connectivity index (χ1n) is 5.93. The number of rotatable bonds is 6. The van der Waals surface area contributed by atoms with Crippen LogP contribution in [-0.4, -0.2) is 25.5 Å². The van der Waals surface area contributed by atoms with Gasteiger partial charge in [0.25, 0.3) is 0 Å². The average Bonchev–Trinajstić information content (AvgIpc) is 2.27. The maximum absolute atomic E-state index is 12.2. The van der Waals surface area contributed by atoms with Crippen molar-refractivity contribution in [1.29, 1.82) is 0 Å². The van der Waals surface area contributed by atoms with Crippen molar-refractivity contribution in [2.75, 3.05) is 0 Å². The van der Waals surface area contributed by atoms with Crippen molar-refractivity contribution in [3.63, 3.8) is 0 Å². The van der Waals surface area contributed by atoms with E-state index in [0.717, 1.165) is 18.6 Å². The zero-order chi connectivity index (χ0) is 15.5. The molecule has 112 valence electrons. The Bertz CT molecular complexity index is 616. The first-order chi connectivity index (χ1) is 9.19. The first-order valence-corrected chi connectivity index (χ1v) is 8.17. The molecule has 0 spiro atoms. The quantitative estimate of drug-likeness (QED) is 0.833. The zero-order valence-corrected chi connectivity index (χ0v) is 13.3. The van der Waals surface area contributed by atoms with Gasteiger partial charge in [0.1, 0.15) is 4.90 Å². The number of aromatic carboxylic acids is 1. The van der Waals surface area contributed by atoms with Gasteiger partial charge in [0.2, 0.25) is 10.0 Å². The van der Waals surface area contributed by atoms with E-state index >= 15 is 0 Å². The Labute approximate surface area is 127 Å². The van der Waals surface area contributed by atoms with Crippen LogP contribution in [0.4, 0.5) is 0 Å². The van der Waals surface area contributed by atoms with Gasteiger partial charge in [-0.15, -0.1) is 0 Å². The maximum atomic E-state index is 12.2. The molecule has 0 radical (unpaired) electrons. The van der Waals surface area contributed by atoms with Gasteiger partial charge in [0.15, 0.2) is 0 Å². The monoisotopic (exact) mass is 339 g/mol. The minimum Gasteiger partial charge on any atom is -0.478 e. The molecule has 0 heterocycles. The highest BCUT2D eigenvalue weighted by molar-refractivity contribution is 7.89. The molecule has 2 N–H and O–H groups in total. The molecule has 0 amide bonds. The van der Waals surface area contributed by atoms with E-state index in [2.05, 4.69) is 4.72 Å². The second-order valence-corrected chi connectivity index (χ2v) is 6.88. The lowest BCUT2D eigenvalue weighted by Gasteiger charge is -2.15. The van der Waals surface area contributed by atoms with Crippen molar-refractivity contribution in [3.05, 3.63) is 27.7 Å². The largest absolute Gasteiger partial charge is 0.478 e. The summed E-state index contributed by atoms with van der Waals surface area (Å²) in [6, 6.07) is 1.81. The van der Waals surface area contributed by atoms with Crippen molar-refractivity contribution in [1.82, 2.24) is 4.72 Å². The summed E-state index contributed by atoms with van der Waals surface area (Å²) in [6.45, 7) is 3.66. The van der Waals surface area contributed by atoms with Crippen LogP contribution in [0.2, 0.25) is 10.0 Å². The molecule has 0 aliphatic heterocycles. The van der Waals surface area contributed by atoms with Gasteiger partial charge in [-0.1, -0.05) is 36.5 Å². The van der Waals surface area contributed by atoms with Crippen LogP contribution in [0.5, 0.6) is 0 Å². The number of nitrogens with one attached hydrogen (secondary N) is 1. The third-order valence-corrected chi connectivity index (χ3v) is 4.99. The fourth-order valence-electron chi connectivity index (χ4n) is 1.72. The number of sulfonamides is 1. The highest BCUT2D eigenvalue weighted by Gasteiger charge is 2.23. The fraction of sp³-hybridized carbons (Fsp3) is 0.417. The molecule has 5 nitrogen and oxygen atoms in total. The lowest BCUT2D eigenvalue weighted by Crippen LogP contribution is -2.32. The van der Waals surface area contributed by atoms with Crippen LogP contribution < -0.4 is 4.72 Å². The smallest absolute Gasteiger partial charge is 0.337 e. The summed E-state index contributed by atoms with van der Waals surface area (Å²) in [6.07, 6.45) is 1.48. The fourth-order valence-corrected chi connectivity index (χ4v) is 3.85. The molecular formula is C12H15Cl2NO4S. The Kier molecular flexibility index (Phi) is 5.82. The van der Waals surface area contributed by atoms with Gasteiger partial charge in [-0.25, -0.2) is 17.9 Å². The van der Waals surface area contributed by atoms with Crippen LogP contribution in [0.3, 0.4) is 0 Å². The second kappa shape index (κ2) is 6.76. The lowest BCUT2D eigenvalue weighted by atomic mass is 10.2. The molecule has 1 atom stereocenters. The molecule has 1 rings (SSSR count). The summed E-state index contributed by atoms with van der Waals surface area (Å²) >= 11 is 11.6. The van der Waals surface area contributed by atoms with E-state index in [1.54, 1.807) is 6.92 Å². The molecule has 0 saturated carbocycles. The van der Waals surface area contributed by atoms with Crippen molar-refractivity contribution in [2.24, 2.45) is 0 Å². The third-order valence-electron chi connectivity index (χ3n) is 2.62. The van der Waals surface area contributed by atoms with Crippen LogP contribution in [0.1, 0.15) is 37.0 Å². The number of carboxylic acid groups (broad SMARTS) is 1. The van der Waals surface area contributed by atoms with E-state index in [1.165, 1.54) is 0 Å². The van der Waals surface area contributed by atoms with Gasteiger partial charge >= 0.3 is 5.97 Å². The van der Waals surface area contributed by atoms with Gasteiger partial charge in [0.05, 0.1) is 15.6 Å². The summed E-state index contributed by atoms with van der Waals surface area (Å²) in [5.74, 6) is -1.32. The summed E-state index contributed by atoms with van der Waals surface area (Å²) in [7, 11) is -3.89. The minimum absolute atomic E-state index is 0.108. The van der Waals surface area contributed by atoms with Crippen LogP contribution >= 0.6 is 23.2 Å². The van der Waals surface area contributed by atoms with Crippen LogP contribution in [0.25, 0.3) is 0 Å². The zero-order valence-electron chi connectivity index (χ0n) is 11.0. The molecule has 0 aliphatic carbocycles. The van der Waals surface area contributed by atoms with E-state index in [4.69, 9.17) is 28.3 Å².